The summed E-state index contributed by atoms with van der Waals surface area (Å²) in [5, 5.41) is 9.38. The van der Waals surface area contributed by atoms with Crippen LogP contribution in [0.3, 0.4) is 0 Å². The van der Waals surface area contributed by atoms with E-state index in [0.717, 1.165) is 43.4 Å². The maximum atomic E-state index is 12.5. The number of carboxylic acids is 1. The number of carboxylic acid groups (broad SMARTS) is 1. The molecule has 1 N–H and O–H groups in total. The van der Waals surface area contributed by atoms with Gasteiger partial charge in [0.15, 0.2) is 5.16 Å². The van der Waals surface area contributed by atoms with Crippen molar-refractivity contribution in [3.8, 4) is 0 Å². The lowest BCUT2D eigenvalue weighted by molar-refractivity contribution is -0.135. The Morgan fingerprint density at radius 3 is 2.67 bits per heavy atom. The van der Waals surface area contributed by atoms with Gasteiger partial charge in [0.25, 0.3) is 0 Å². The summed E-state index contributed by atoms with van der Waals surface area (Å²) in [7, 11) is 0. The van der Waals surface area contributed by atoms with Crippen LogP contribution in [-0.4, -0.2) is 50.3 Å². The molecule has 21 heavy (non-hydrogen) atoms. The number of nitrogens with zero attached hydrogens (tertiary/aromatic N) is 3. The maximum Gasteiger partial charge on any atom is 0.313 e. The molecule has 7 heteroatoms. The number of aliphatic carboxylic acids is 1. The monoisotopic (exact) mass is 311 g/mol. The van der Waals surface area contributed by atoms with Crippen LogP contribution in [-0.2, 0) is 9.59 Å². The third-order valence-electron chi connectivity index (χ3n) is 3.59. The van der Waals surface area contributed by atoms with Gasteiger partial charge < -0.3 is 14.6 Å². The van der Waals surface area contributed by atoms with Gasteiger partial charge in [0, 0.05) is 19.3 Å². The zero-order valence-electron chi connectivity index (χ0n) is 12.4. The number of carbonyl (C=O) groups excluding carboxylic acids is 1. The van der Waals surface area contributed by atoms with Crippen molar-refractivity contribution in [1.29, 1.82) is 0 Å². The Morgan fingerprint density at radius 2 is 2.05 bits per heavy atom. The van der Waals surface area contributed by atoms with Crippen molar-refractivity contribution in [3.63, 3.8) is 0 Å². The van der Waals surface area contributed by atoms with Gasteiger partial charge in [-0.05, 0) is 33.1 Å². The van der Waals surface area contributed by atoms with E-state index in [1.165, 1.54) is 6.42 Å². The lowest BCUT2D eigenvalue weighted by Gasteiger charge is -2.30. The highest BCUT2D eigenvalue weighted by molar-refractivity contribution is 7.99. The molecule has 0 saturated carbocycles. The van der Waals surface area contributed by atoms with Crippen molar-refractivity contribution in [3.05, 3.63) is 11.9 Å². The molecule has 2 rings (SSSR count). The van der Waals surface area contributed by atoms with E-state index in [9.17, 15) is 9.59 Å². The van der Waals surface area contributed by atoms with Crippen molar-refractivity contribution in [2.45, 2.75) is 44.3 Å². The van der Waals surface area contributed by atoms with E-state index in [4.69, 9.17) is 5.11 Å². The predicted octanol–water partition coefficient (Wildman–Crippen LogP) is 1.94. The van der Waals surface area contributed by atoms with Crippen LogP contribution in [0.25, 0.3) is 0 Å². The quantitative estimate of drug-likeness (QED) is 0.841. The number of aromatic nitrogens is 2. The highest BCUT2D eigenvalue weighted by Gasteiger charge is 2.25. The van der Waals surface area contributed by atoms with Gasteiger partial charge in [-0.3, -0.25) is 9.59 Å². The minimum atomic E-state index is -0.887. The van der Waals surface area contributed by atoms with E-state index in [1.807, 2.05) is 24.9 Å². The molecule has 1 amide bonds. The smallest absolute Gasteiger partial charge is 0.313 e. The van der Waals surface area contributed by atoms with Crippen LogP contribution in [0, 0.1) is 6.92 Å². The number of hydrogen-bond donors (Lipinski definition) is 1. The zero-order valence-corrected chi connectivity index (χ0v) is 13.2. The molecule has 2 heterocycles. The predicted molar refractivity (Wildman–Crippen MR) is 80.5 cm³/mol. The fourth-order valence-electron chi connectivity index (χ4n) is 2.50. The third kappa shape index (κ3) is 4.00. The Balaban J connectivity index is 2.11. The Hall–Kier alpha value is -1.50. The van der Waals surface area contributed by atoms with Crippen molar-refractivity contribution in [2.75, 3.05) is 18.8 Å². The SMILES string of the molecule is Cc1cn(C(C)C(=O)N2CCCCC2)c(SCC(=O)O)n1. The molecule has 1 atom stereocenters. The largest absolute Gasteiger partial charge is 0.481 e. The van der Waals surface area contributed by atoms with E-state index in [2.05, 4.69) is 4.98 Å². The van der Waals surface area contributed by atoms with E-state index >= 15 is 0 Å². The number of imidazole rings is 1. The molecule has 1 aromatic heterocycles. The molecule has 1 fully saturated rings. The Bertz CT molecular complexity index is 524. The summed E-state index contributed by atoms with van der Waals surface area (Å²) >= 11 is 1.15. The van der Waals surface area contributed by atoms with E-state index in [1.54, 1.807) is 4.57 Å². The number of piperidine rings is 1. The van der Waals surface area contributed by atoms with Crippen molar-refractivity contribution in [1.82, 2.24) is 14.5 Å². The summed E-state index contributed by atoms with van der Waals surface area (Å²) < 4.78 is 1.79. The lowest BCUT2D eigenvalue weighted by atomic mass is 10.1. The Labute approximate surface area is 128 Å². The first-order chi connectivity index (χ1) is 9.99. The lowest BCUT2D eigenvalue weighted by Crippen LogP contribution is -2.39. The molecule has 1 aliphatic rings. The fraction of sp³-hybridized carbons (Fsp3) is 0.643. The molecule has 116 valence electrons. The average molecular weight is 311 g/mol. The van der Waals surface area contributed by atoms with Gasteiger partial charge in [0.05, 0.1) is 11.4 Å². The summed E-state index contributed by atoms with van der Waals surface area (Å²) in [6.45, 7) is 5.32. The van der Waals surface area contributed by atoms with E-state index < -0.39 is 5.97 Å². The van der Waals surface area contributed by atoms with Crippen LogP contribution < -0.4 is 0 Å². The molecule has 1 aromatic rings. The molecule has 0 spiro atoms. The standard InChI is InChI=1S/C14H21N3O3S/c1-10-8-17(14(15-10)21-9-12(18)19)11(2)13(20)16-6-4-3-5-7-16/h8,11H,3-7,9H2,1-2H3,(H,18,19). The molecule has 6 nitrogen and oxygen atoms in total. The second-order valence-corrected chi connectivity index (χ2v) is 6.26. The molecule has 0 bridgehead atoms. The molecule has 0 aliphatic carbocycles. The van der Waals surface area contributed by atoms with Crippen molar-refractivity contribution < 1.29 is 14.7 Å². The van der Waals surface area contributed by atoms with Gasteiger partial charge in [-0.1, -0.05) is 11.8 Å². The molecular formula is C14H21N3O3S. The van der Waals surface area contributed by atoms with Crippen LogP contribution in [0.15, 0.2) is 11.4 Å². The summed E-state index contributed by atoms with van der Waals surface area (Å²) in [6, 6.07) is -0.347. The highest BCUT2D eigenvalue weighted by atomic mass is 32.2. The molecule has 0 aromatic carbocycles. The maximum absolute atomic E-state index is 12.5. The second kappa shape index (κ2) is 6.98. The summed E-state index contributed by atoms with van der Waals surface area (Å²) in [4.78, 5) is 29.5. The molecule has 0 radical (unpaired) electrons. The van der Waals surface area contributed by atoms with Gasteiger partial charge in [-0.15, -0.1) is 0 Å². The Morgan fingerprint density at radius 1 is 1.38 bits per heavy atom. The summed E-state index contributed by atoms with van der Waals surface area (Å²) in [5.41, 5.74) is 0.793. The van der Waals surface area contributed by atoms with Crippen LogP contribution in [0.4, 0.5) is 0 Å². The van der Waals surface area contributed by atoms with Crippen LogP contribution in [0.1, 0.15) is 37.9 Å². The van der Waals surface area contributed by atoms with Gasteiger partial charge in [-0.2, -0.15) is 0 Å². The topological polar surface area (TPSA) is 75.4 Å². The zero-order chi connectivity index (χ0) is 15.4. The number of hydrogen-bond acceptors (Lipinski definition) is 4. The number of rotatable bonds is 5. The fourth-order valence-corrected chi connectivity index (χ4v) is 3.32. The summed E-state index contributed by atoms with van der Waals surface area (Å²) in [6.07, 6.45) is 5.11. The van der Waals surface area contributed by atoms with Gasteiger partial charge in [-0.25, -0.2) is 4.98 Å². The minimum Gasteiger partial charge on any atom is -0.481 e. The third-order valence-corrected chi connectivity index (χ3v) is 4.54. The number of aryl methyl sites for hydroxylation is 1. The van der Waals surface area contributed by atoms with Crippen LogP contribution in [0.5, 0.6) is 0 Å². The molecule has 1 unspecified atom stereocenters. The number of likely N-dealkylation sites (tertiary alicyclic amines) is 1. The number of amides is 1. The minimum absolute atomic E-state index is 0.0545. The number of carbonyl (C=O) groups is 2. The molecular weight excluding hydrogens is 290 g/mol. The van der Waals surface area contributed by atoms with Gasteiger partial charge >= 0.3 is 5.97 Å². The number of thioether (sulfide) groups is 1. The van der Waals surface area contributed by atoms with Crippen molar-refractivity contribution in [2.24, 2.45) is 0 Å². The van der Waals surface area contributed by atoms with Crippen LogP contribution in [0.2, 0.25) is 0 Å². The first-order valence-corrected chi connectivity index (χ1v) is 8.16. The van der Waals surface area contributed by atoms with Crippen LogP contribution >= 0.6 is 11.8 Å². The first kappa shape index (κ1) is 15.9. The van der Waals surface area contributed by atoms with Crippen molar-refractivity contribution >= 4 is 23.6 Å². The van der Waals surface area contributed by atoms with E-state index in [0.29, 0.717) is 5.16 Å². The normalized spacial score (nSPS) is 16.8. The van der Waals surface area contributed by atoms with Gasteiger partial charge in [0.2, 0.25) is 5.91 Å². The first-order valence-electron chi connectivity index (χ1n) is 7.18. The highest BCUT2D eigenvalue weighted by Crippen LogP contribution is 2.24. The molecule has 1 aliphatic heterocycles. The second-order valence-electron chi connectivity index (χ2n) is 5.32. The average Bonchev–Trinajstić information content (AvgIpc) is 2.85. The van der Waals surface area contributed by atoms with E-state index in [-0.39, 0.29) is 17.7 Å². The summed E-state index contributed by atoms with van der Waals surface area (Å²) in [5.74, 6) is -0.854. The molecule has 1 saturated heterocycles. The van der Waals surface area contributed by atoms with Gasteiger partial charge in [0.1, 0.15) is 6.04 Å². The Kier molecular flexibility index (Phi) is 5.27.